The van der Waals surface area contributed by atoms with E-state index in [1.54, 1.807) is 44.2 Å². The van der Waals surface area contributed by atoms with Crippen LogP contribution in [0.5, 0.6) is 5.75 Å². The number of carbonyl (C=O) groups is 2. The Morgan fingerprint density at radius 1 is 0.867 bits per heavy atom. The topological polar surface area (TPSA) is 55.4 Å². The van der Waals surface area contributed by atoms with Gasteiger partial charge in [0.2, 0.25) is 0 Å². The van der Waals surface area contributed by atoms with E-state index in [4.69, 9.17) is 4.74 Å². The van der Waals surface area contributed by atoms with E-state index in [1.807, 2.05) is 60.7 Å². The molecular formula is C26H25NO3. The van der Waals surface area contributed by atoms with Crippen LogP contribution in [-0.2, 0) is 16.2 Å². The molecule has 30 heavy (non-hydrogen) atoms. The van der Waals surface area contributed by atoms with Gasteiger partial charge in [-0.15, -0.1) is 0 Å². The normalized spacial score (nSPS) is 11.2. The minimum atomic E-state index is -0.421. The van der Waals surface area contributed by atoms with Crippen LogP contribution < -0.4 is 10.1 Å². The molecule has 0 heterocycles. The van der Waals surface area contributed by atoms with Gasteiger partial charge >= 0.3 is 0 Å². The fourth-order valence-corrected chi connectivity index (χ4v) is 2.85. The van der Waals surface area contributed by atoms with Crippen LogP contribution in [0.15, 0.2) is 90.5 Å². The van der Waals surface area contributed by atoms with Gasteiger partial charge in [0, 0.05) is 11.6 Å². The highest BCUT2D eigenvalue weighted by Crippen LogP contribution is 2.19. The number of nitrogens with one attached hydrogen (secondary N) is 1. The van der Waals surface area contributed by atoms with Gasteiger partial charge in [-0.3, -0.25) is 9.59 Å². The lowest BCUT2D eigenvalue weighted by atomic mass is 9.98. The van der Waals surface area contributed by atoms with E-state index in [0.717, 1.165) is 11.1 Å². The lowest BCUT2D eigenvalue weighted by Gasteiger charge is -2.12. The van der Waals surface area contributed by atoms with Gasteiger partial charge in [-0.1, -0.05) is 74.5 Å². The summed E-state index contributed by atoms with van der Waals surface area (Å²) in [7, 11) is 0. The first-order valence-electron chi connectivity index (χ1n) is 9.92. The Labute approximate surface area is 177 Å². The van der Waals surface area contributed by atoms with Crippen molar-refractivity contribution in [3.63, 3.8) is 0 Å². The first-order chi connectivity index (χ1) is 14.5. The summed E-state index contributed by atoms with van der Waals surface area (Å²) in [6.45, 7) is 4.04. The molecule has 0 unspecified atom stereocenters. The van der Waals surface area contributed by atoms with Crippen molar-refractivity contribution in [2.45, 2.75) is 20.5 Å². The number of benzene rings is 3. The second-order valence-corrected chi connectivity index (χ2v) is 7.24. The quantitative estimate of drug-likeness (QED) is 0.309. The second kappa shape index (κ2) is 10.2. The smallest absolute Gasteiger partial charge is 0.259 e. The zero-order valence-corrected chi connectivity index (χ0v) is 17.2. The largest absolute Gasteiger partial charge is 0.489 e. The van der Waals surface area contributed by atoms with Gasteiger partial charge in [-0.25, -0.2) is 0 Å². The van der Waals surface area contributed by atoms with Crippen molar-refractivity contribution in [1.82, 2.24) is 0 Å². The zero-order valence-electron chi connectivity index (χ0n) is 17.2. The molecule has 3 aromatic carbocycles. The number of carbonyl (C=O) groups excluding carboxylic acids is 2. The molecule has 0 aliphatic heterocycles. The number of amides is 1. The summed E-state index contributed by atoms with van der Waals surface area (Å²) in [5.41, 5.74) is 2.63. The van der Waals surface area contributed by atoms with Gasteiger partial charge in [0.1, 0.15) is 12.4 Å². The van der Waals surface area contributed by atoms with E-state index < -0.39 is 5.91 Å². The molecule has 4 nitrogen and oxygen atoms in total. The molecule has 0 spiro atoms. The number of hydrogen-bond donors (Lipinski definition) is 1. The van der Waals surface area contributed by atoms with Crippen molar-refractivity contribution in [3.8, 4) is 5.75 Å². The predicted molar refractivity (Wildman–Crippen MR) is 120 cm³/mol. The Morgan fingerprint density at radius 2 is 1.47 bits per heavy atom. The standard InChI is InChI=1S/C26H25NO3/c1-19(2)25(28)24(17-20-9-5-3-6-10-20)26(29)27-22-13-15-23(16-14-22)30-18-21-11-7-4-8-12-21/h3-17,19H,18H2,1-2H3,(H,27,29)/b24-17+. The molecule has 152 valence electrons. The zero-order chi connectivity index (χ0) is 21.3. The van der Waals surface area contributed by atoms with Crippen LogP contribution in [0.25, 0.3) is 6.08 Å². The average molecular weight is 399 g/mol. The van der Waals surface area contributed by atoms with Crippen molar-refractivity contribution >= 4 is 23.5 Å². The highest BCUT2D eigenvalue weighted by molar-refractivity contribution is 6.26. The Balaban J connectivity index is 1.69. The van der Waals surface area contributed by atoms with Crippen LogP contribution in [-0.4, -0.2) is 11.7 Å². The van der Waals surface area contributed by atoms with Gasteiger partial charge in [0.15, 0.2) is 5.78 Å². The van der Waals surface area contributed by atoms with Crippen molar-refractivity contribution in [2.24, 2.45) is 5.92 Å². The lowest BCUT2D eigenvalue weighted by molar-refractivity contribution is -0.121. The highest BCUT2D eigenvalue weighted by Gasteiger charge is 2.21. The van der Waals surface area contributed by atoms with E-state index in [0.29, 0.717) is 18.0 Å². The van der Waals surface area contributed by atoms with Crippen molar-refractivity contribution in [3.05, 3.63) is 102 Å². The summed E-state index contributed by atoms with van der Waals surface area (Å²) in [5.74, 6) is -0.190. The van der Waals surface area contributed by atoms with Crippen LogP contribution in [0, 0.1) is 5.92 Å². The minimum absolute atomic E-state index is 0.139. The third kappa shape index (κ3) is 5.92. The van der Waals surface area contributed by atoms with E-state index in [9.17, 15) is 9.59 Å². The molecule has 1 amide bonds. The molecule has 0 aromatic heterocycles. The molecule has 0 saturated carbocycles. The summed E-state index contributed by atoms with van der Waals surface area (Å²) in [6, 6.07) is 26.4. The Kier molecular flexibility index (Phi) is 7.17. The van der Waals surface area contributed by atoms with E-state index in [-0.39, 0.29) is 17.3 Å². The molecule has 0 aliphatic carbocycles. The number of Topliss-reactive ketones (excluding diaryl/α,β-unsaturated/α-hetero) is 1. The Bertz CT molecular complexity index is 1010. The lowest BCUT2D eigenvalue weighted by Crippen LogP contribution is -2.23. The first kappa shape index (κ1) is 21.1. The number of hydrogen-bond acceptors (Lipinski definition) is 3. The van der Waals surface area contributed by atoms with Gasteiger partial charge in [0.05, 0.1) is 5.57 Å². The SMILES string of the molecule is CC(C)C(=O)/C(=C\c1ccccc1)C(=O)Nc1ccc(OCc2ccccc2)cc1. The first-order valence-corrected chi connectivity index (χ1v) is 9.92. The maximum Gasteiger partial charge on any atom is 0.259 e. The maximum absolute atomic E-state index is 12.8. The van der Waals surface area contributed by atoms with Crippen molar-refractivity contribution in [2.75, 3.05) is 5.32 Å². The van der Waals surface area contributed by atoms with E-state index in [1.165, 1.54) is 0 Å². The molecular weight excluding hydrogens is 374 g/mol. The minimum Gasteiger partial charge on any atom is -0.489 e. The summed E-state index contributed by atoms with van der Waals surface area (Å²) in [5, 5.41) is 2.82. The van der Waals surface area contributed by atoms with E-state index >= 15 is 0 Å². The van der Waals surface area contributed by atoms with Crippen molar-refractivity contribution < 1.29 is 14.3 Å². The molecule has 4 heteroatoms. The van der Waals surface area contributed by atoms with Crippen LogP contribution in [0.2, 0.25) is 0 Å². The molecule has 0 atom stereocenters. The van der Waals surface area contributed by atoms with Crippen LogP contribution >= 0.6 is 0 Å². The van der Waals surface area contributed by atoms with Crippen LogP contribution in [0.4, 0.5) is 5.69 Å². The summed E-state index contributed by atoms with van der Waals surface area (Å²) < 4.78 is 5.77. The van der Waals surface area contributed by atoms with Gasteiger partial charge in [0.25, 0.3) is 5.91 Å². The molecule has 0 bridgehead atoms. The Morgan fingerprint density at radius 3 is 2.07 bits per heavy atom. The molecule has 3 aromatic rings. The third-order valence-electron chi connectivity index (χ3n) is 4.51. The fourth-order valence-electron chi connectivity index (χ4n) is 2.85. The van der Waals surface area contributed by atoms with Gasteiger partial charge in [-0.05, 0) is 41.5 Å². The van der Waals surface area contributed by atoms with Gasteiger partial charge < -0.3 is 10.1 Å². The predicted octanol–water partition coefficient (Wildman–Crippen LogP) is 5.51. The second-order valence-electron chi connectivity index (χ2n) is 7.24. The summed E-state index contributed by atoms with van der Waals surface area (Å²) >= 11 is 0. The highest BCUT2D eigenvalue weighted by atomic mass is 16.5. The summed E-state index contributed by atoms with van der Waals surface area (Å²) in [6.07, 6.45) is 1.63. The average Bonchev–Trinajstić information content (AvgIpc) is 2.78. The van der Waals surface area contributed by atoms with E-state index in [2.05, 4.69) is 5.32 Å². The molecule has 0 aliphatic rings. The van der Waals surface area contributed by atoms with Gasteiger partial charge in [-0.2, -0.15) is 0 Å². The number of ether oxygens (including phenoxy) is 1. The van der Waals surface area contributed by atoms with Crippen LogP contribution in [0.1, 0.15) is 25.0 Å². The number of anilines is 1. The molecule has 3 rings (SSSR count). The maximum atomic E-state index is 12.8. The third-order valence-corrected chi connectivity index (χ3v) is 4.51. The monoisotopic (exact) mass is 399 g/mol. The summed E-state index contributed by atoms with van der Waals surface area (Å²) in [4.78, 5) is 25.4. The number of rotatable bonds is 8. The Hall–Kier alpha value is -3.66. The number of ketones is 1. The molecule has 1 N–H and O–H groups in total. The molecule has 0 radical (unpaired) electrons. The van der Waals surface area contributed by atoms with Crippen molar-refractivity contribution in [1.29, 1.82) is 0 Å². The molecule has 0 saturated heterocycles. The molecule has 0 fully saturated rings. The fraction of sp³-hybridized carbons (Fsp3) is 0.154. The van der Waals surface area contributed by atoms with Crippen LogP contribution in [0.3, 0.4) is 0 Å².